The van der Waals surface area contributed by atoms with Crippen LogP contribution in [-0.2, 0) is 9.26 Å². The second kappa shape index (κ2) is 2.28. The monoisotopic (exact) mass is 132 g/mol. The molecule has 4 nitrogen and oxygen atoms in total. The highest BCUT2D eigenvalue weighted by Crippen LogP contribution is 1.96. The van der Waals surface area contributed by atoms with Crippen LogP contribution in [0.1, 0.15) is 0 Å². The van der Waals surface area contributed by atoms with Gasteiger partial charge in [-0.15, -0.1) is 0 Å². The van der Waals surface area contributed by atoms with Gasteiger partial charge in [0.1, 0.15) is 0 Å². The molecule has 0 unspecified atom stereocenters. The summed E-state index contributed by atoms with van der Waals surface area (Å²) in [6.07, 6.45) is 0. The van der Waals surface area contributed by atoms with Gasteiger partial charge in [-0.1, -0.05) is 9.05 Å². The van der Waals surface area contributed by atoms with Gasteiger partial charge in [-0.3, -0.25) is 0 Å². The van der Waals surface area contributed by atoms with E-state index in [1.165, 1.54) is 0 Å². The summed E-state index contributed by atoms with van der Waals surface area (Å²) in [5, 5.41) is 0. The van der Waals surface area contributed by atoms with Gasteiger partial charge in [0, 0.05) is 0 Å². The molecule has 44 valence electrons. The van der Waals surface area contributed by atoms with E-state index in [1.807, 2.05) is 0 Å². The zero-order valence-corrected chi connectivity index (χ0v) is 3.97. The Hall–Kier alpha value is -0.0831. The van der Waals surface area contributed by atoms with Crippen LogP contribution in [0.15, 0.2) is 0 Å². The molecule has 0 heterocycles. The topological polar surface area (TPSA) is 58.9 Å². The zero-order chi connectivity index (χ0) is 5.91. The predicted octanol–water partition coefficient (Wildman–Crippen LogP) is -0.791. The van der Waals surface area contributed by atoms with E-state index in [2.05, 4.69) is 9.26 Å². The van der Waals surface area contributed by atoms with Crippen molar-refractivity contribution >= 4 is 9.05 Å². The Bertz CT molecular complexity index is 47.7. The van der Waals surface area contributed by atoms with Crippen molar-refractivity contribution in [3.63, 3.8) is 0 Å². The van der Waals surface area contributed by atoms with E-state index >= 15 is 0 Å². The third-order valence-electron chi connectivity index (χ3n) is 0.201. The van der Waals surface area contributed by atoms with Gasteiger partial charge < -0.3 is 9.59 Å². The summed E-state index contributed by atoms with van der Waals surface area (Å²) in [4.78, 5) is 15.3. The lowest BCUT2D eigenvalue weighted by Crippen LogP contribution is -2.37. The van der Waals surface area contributed by atoms with Crippen LogP contribution in [-0.4, -0.2) is 18.6 Å². The van der Waals surface area contributed by atoms with Crippen molar-refractivity contribution in [1.29, 1.82) is 0 Å². The standard InChI is InChI=1S/F2H2O4Si/c1-5-7(3,4)6-2/h3-4H. The van der Waals surface area contributed by atoms with Crippen LogP contribution in [0.2, 0.25) is 0 Å². The van der Waals surface area contributed by atoms with Gasteiger partial charge in [-0.05, 0) is 0 Å². The smallest absolute Gasteiger partial charge is 0.365 e. The summed E-state index contributed by atoms with van der Waals surface area (Å²) in [5.41, 5.74) is 0. The highest BCUT2D eigenvalue weighted by Gasteiger charge is 2.40. The van der Waals surface area contributed by atoms with E-state index < -0.39 is 9.05 Å². The lowest BCUT2D eigenvalue weighted by atomic mass is 15.5. The highest BCUT2D eigenvalue weighted by molar-refractivity contribution is 6.49. The first-order valence-corrected chi connectivity index (χ1v) is 2.87. The Morgan fingerprint density at radius 1 is 1.14 bits per heavy atom. The minimum atomic E-state index is -4.98. The van der Waals surface area contributed by atoms with E-state index in [4.69, 9.17) is 9.59 Å². The maximum atomic E-state index is 10.5. The first kappa shape index (κ1) is 6.92. The number of hydrogen-bond acceptors (Lipinski definition) is 4. The number of rotatable bonds is 2. The molecule has 0 aliphatic carbocycles. The van der Waals surface area contributed by atoms with Crippen LogP contribution in [0.5, 0.6) is 0 Å². The van der Waals surface area contributed by atoms with Crippen molar-refractivity contribution in [3.05, 3.63) is 0 Å². The zero-order valence-electron chi connectivity index (χ0n) is 2.97. The molecular formula is H2F2O4Si. The fourth-order valence-electron chi connectivity index (χ4n) is 0.0119. The minimum Gasteiger partial charge on any atom is -0.365 e. The predicted molar refractivity (Wildman–Crippen MR) is 14.6 cm³/mol. The average Bonchev–Trinajstić information content (AvgIpc) is 1.68. The van der Waals surface area contributed by atoms with E-state index in [0.29, 0.717) is 0 Å². The van der Waals surface area contributed by atoms with Gasteiger partial charge in [0.15, 0.2) is 0 Å². The van der Waals surface area contributed by atoms with E-state index in [0.717, 1.165) is 0 Å². The SMILES string of the molecule is O[Si](O)(OF)OF. The molecule has 7 heteroatoms. The third-order valence-corrected chi connectivity index (χ3v) is 0.603. The van der Waals surface area contributed by atoms with Gasteiger partial charge in [-0.2, -0.15) is 9.26 Å². The molecule has 0 aromatic rings. The summed E-state index contributed by atoms with van der Waals surface area (Å²) in [5.74, 6) is 0. The van der Waals surface area contributed by atoms with Crippen molar-refractivity contribution in [1.82, 2.24) is 0 Å². The van der Waals surface area contributed by atoms with Crippen LogP contribution in [0.4, 0.5) is 9.05 Å². The fourth-order valence-corrected chi connectivity index (χ4v) is 0.0357. The third kappa shape index (κ3) is 2.59. The summed E-state index contributed by atoms with van der Waals surface area (Å²) in [7, 11) is -4.98. The van der Waals surface area contributed by atoms with Crippen LogP contribution < -0.4 is 0 Å². The van der Waals surface area contributed by atoms with Gasteiger partial charge in [0.25, 0.3) is 0 Å². The van der Waals surface area contributed by atoms with Crippen LogP contribution in [0, 0.1) is 0 Å². The second-order valence-corrected chi connectivity index (χ2v) is 2.11. The van der Waals surface area contributed by atoms with Crippen LogP contribution >= 0.6 is 0 Å². The molecule has 0 aromatic carbocycles. The van der Waals surface area contributed by atoms with Crippen molar-refractivity contribution in [3.8, 4) is 0 Å². The van der Waals surface area contributed by atoms with Crippen molar-refractivity contribution < 1.29 is 27.9 Å². The lowest BCUT2D eigenvalue weighted by molar-refractivity contribution is -0.189. The van der Waals surface area contributed by atoms with E-state index in [-0.39, 0.29) is 0 Å². The molecule has 0 aliphatic rings. The molecule has 0 spiro atoms. The molecule has 7 heavy (non-hydrogen) atoms. The van der Waals surface area contributed by atoms with Crippen molar-refractivity contribution in [2.75, 3.05) is 0 Å². The van der Waals surface area contributed by atoms with Gasteiger partial charge >= 0.3 is 9.05 Å². The number of hydrogen-bond donors (Lipinski definition) is 2. The molecule has 0 amide bonds. The normalized spacial score (nSPS) is 12.0. The number of halogens is 2. The van der Waals surface area contributed by atoms with Crippen LogP contribution in [0.25, 0.3) is 0 Å². The quantitative estimate of drug-likeness (QED) is 0.483. The molecule has 0 radical (unpaired) electrons. The molecule has 0 rings (SSSR count). The molecule has 0 fully saturated rings. The second-order valence-electron chi connectivity index (χ2n) is 0.703. The Morgan fingerprint density at radius 2 is 1.43 bits per heavy atom. The summed E-state index contributed by atoms with van der Waals surface area (Å²) in [6, 6.07) is 0. The van der Waals surface area contributed by atoms with Crippen LogP contribution in [0.3, 0.4) is 0 Å². The first-order chi connectivity index (χ1) is 3.12. The Labute approximate surface area is 38.2 Å². The molecule has 0 aliphatic heterocycles. The molecular weight excluding hydrogens is 130 g/mol. The van der Waals surface area contributed by atoms with E-state index in [1.54, 1.807) is 0 Å². The largest absolute Gasteiger partial charge is 0.738 e. The molecule has 2 N–H and O–H groups in total. The van der Waals surface area contributed by atoms with Gasteiger partial charge in [0.05, 0.1) is 0 Å². The Kier molecular flexibility index (Phi) is 2.26. The molecule has 0 saturated heterocycles. The summed E-state index contributed by atoms with van der Waals surface area (Å²) < 4.78 is 25.4. The molecule has 0 saturated carbocycles. The first-order valence-electron chi connectivity index (χ1n) is 1.16. The Morgan fingerprint density at radius 3 is 1.43 bits per heavy atom. The molecule has 0 aromatic heterocycles. The summed E-state index contributed by atoms with van der Waals surface area (Å²) >= 11 is 0. The lowest BCUT2D eigenvalue weighted by Gasteiger charge is -1.99. The van der Waals surface area contributed by atoms with E-state index in [9.17, 15) is 9.05 Å². The van der Waals surface area contributed by atoms with Crippen molar-refractivity contribution in [2.45, 2.75) is 0 Å². The fraction of sp³-hybridized carbons (Fsp3) is 0. The minimum absolute atomic E-state index is 2.24. The summed E-state index contributed by atoms with van der Waals surface area (Å²) in [6.45, 7) is 0. The average molecular weight is 132 g/mol. The highest BCUT2D eigenvalue weighted by atomic mass is 28.4. The van der Waals surface area contributed by atoms with Gasteiger partial charge in [-0.25, -0.2) is 0 Å². The maximum Gasteiger partial charge on any atom is 0.738 e. The molecule has 0 atom stereocenters. The maximum absolute atomic E-state index is 10.5. The van der Waals surface area contributed by atoms with Gasteiger partial charge in [0.2, 0.25) is 0 Å². The molecule has 0 bridgehead atoms. The van der Waals surface area contributed by atoms with Crippen molar-refractivity contribution in [2.24, 2.45) is 0 Å². The Balaban J connectivity index is 3.36.